The van der Waals surface area contributed by atoms with Crippen LogP contribution in [0.1, 0.15) is 56.1 Å². The number of carbonyl (C=O) groups excluding carboxylic acids is 2. The third kappa shape index (κ3) is 7.03. The predicted octanol–water partition coefficient (Wildman–Crippen LogP) is 4.96. The molecule has 2 aliphatic rings. The van der Waals surface area contributed by atoms with Crippen LogP contribution in [0.4, 0.5) is 33.7 Å². The molecule has 2 unspecified atom stereocenters. The quantitative estimate of drug-likeness (QED) is 0.495. The van der Waals surface area contributed by atoms with Crippen LogP contribution in [0.25, 0.3) is 5.57 Å². The molecule has 1 fully saturated rings. The van der Waals surface area contributed by atoms with Gasteiger partial charge >= 0.3 is 12.3 Å². The van der Waals surface area contributed by atoms with Crippen LogP contribution in [0.15, 0.2) is 35.3 Å². The molecule has 3 heterocycles. The highest BCUT2D eigenvalue weighted by Gasteiger charge is 2.37. The average Bonchev–Trinajstić information content (AvgIpc) is 3.38. The molecule has 2 aliphatic heterocycles. The van der Waals surface area contributed by atoms with Crippen LogP contribution in [0.3, 0.4) is 0 Å². The molecule has 234 valence electrons. The number of ether oxygens (including phenoxy) is 1. The van der Waals surface area contributed by atoms with Crippen molar-refractivity contribution in [1.82, 2.24) is 14.4 Å². The van der Waals surface area contributed by atoms with Gasteiger partial charge in [-0.15, -0.1) is 0 Å². The molecule has 0 saturated carbocycles. The lowest BCUT2D eigenvalue weighted by Gasteiger charge is -2.44. The van der Waals surface area contributed by atoms with Crippen LogP contribution in [0.2, 0.25) is 0 Å². The molecule has 2 amide bonds. The smallest absolute Gasteiger partial charge is 0.417 e. The van der Waals surface area contributed by atoms with Crippen molar-refractivity contribution in [3.63, 3.8) is 0 Å². The first-order chi connectivity index (χ1) is 19.9. The molecule has 0 bridgehead atoms. The number of likely N-dealkylation sites (N-methyl/N-ethyl adjacent to an activating group) is 1. The normalized spacial score (nSPS) is 19.8. The molecule has 1 aromatic carbocycles. The molecule has 4 rings (SSSR count). The fraction of sp³-hybridized carbons (Fsp3) is 0.500. The molecule has 1 aromatic heterocycles. The predicted molar refractivity (Wildman–Crippen MR) is 156 cm³/mol. The number of nitrogens with zero attached hydrogens (tertiary/aromatic N) is 4. The number of amides is 2. The standard InChI is InChI=1S/C30H37F4N5O4/c1-17-13-39(14-18(2)37(17)7)25-12-23(31)20(19-8-9-38(15-19)28(42)43-29(3,4)5)10-24(25)35-27(41)21-16-36(6)26(40)11-22(21)30(32,33)34/h8,10-12,16-18H,9,13-15H2,1-7H3,(H,35,41). The summed E-state index contributed by atoms with van der Waals surface area (Å²) in [5.74, 6) is -1.71. The van der Waals surface area contributed by atoms with Crippen LogP contribution in [0, 0.1) is 5.82 Å². The summed E-state index contributed by atoms with van der Waals surface area (Å²) in [7, 11) is 3.22. The number of halogens is 4. The van der Waals surface area contributed by atoms with Gasteiger partial charge in [-0.05, 0) is 59.4 Å². The van der Waals surface area contributed by atoms with Crippen molar-refractivity contribution in [1.29, 1.82) is 0 Å². The second-order valence-corrected chi connectivity index (χ2v) is 12.2. The Balaban J connectivity index is 1.75. The maximum atomic E-state index is 15.8. The Morgan fingerprint density at radius 2 is 1.65 bits per heavy atom. The lowest BCUT2D eigenvalue weighted by Crippen LogP contribution is -2.55. The van der Waals surface area contributed by atoms with Gasteiger partial charge in [0, 0.05) is 63.1 Å². The van der Waals surface area contributed by atoms with E-state index in [-0.39, 0.29) is 36.4 Å². The second kappa shape index (κ2) is 11.7. The number of aromatic nitrogens is 1. The van der Waals surface area contributed by atoms with Gasteiger partial charge in [0.05, 0.1) is 22.5 Å². The summed E-state index contributed by atoms with van der Waals surface area (Å²) < 4.78 is 63.6. The molecule has 0 radical (unpaired) electrons. The minimum atomic E-state index is -4.96. The molecule has 1 saturated heterocycles. The van der Waals surface area contributed by atoms with Crippen molar-refractivity contribution in [2.75, 3.05) is 43.4 Å². The van der Waals surface area contributed by atoms with E-state index >= 15 is 4.39 Å². The van der Waals surface area contributed by atoms with Crippen LogP contribution >= 0.6 is 0 Å². The average molecular weight is 608 g/mol. The minimum Gasteiger partial charge on any atom is -0.444 e. The van der Waals surface area contributed by atoms with E-state index in [0.29, 0.717) is 30.4 Å². The number of pyridine rings is 1. The van der Waals surface area contributed by atoms with Gasteiger partial charge in [0.25, 0.3) is 11.5 Å². The molecule has 13 heteroatoms. The number of rotatable bonds is 4. The Labute approximate surface area is 247 Å². The number of carbonyl (C=O) groups is 2. The Kier molecular flexibility index (Phi) is 8.70. The molecular formula is C30H37F4N5O4. The van der Waals surface area contributed by atoms with Crippen molar-refractivity contribution in [2.24, 2.45) is 7.05 Å². The van der Waals surface area contributed by atoms with Crippen molar-refractivity contribution < 1.29 is 31.9 Å². The lowest BCUT2D eigenvalue weighted by atomic mass is 10.0. The summed E-state index contributed by atoms with van der Waals surface area (Å²) in [6.07, 6.45) is -3.02. The van der Waals surface area contributed by atoms with E-state index in [1.165, 1.54) is 24.1 Å². The molecule has 2 aromatic rings. The Bertz CT molecular complexity index is 1500. The maximum Gasteiger partial charge on any atom is 0.417 e. The fourth-order valence-corrected chi connectivity index (χ4v) is 5.22. The van der Waals surface area contributed by atoms with Gasteiger partial charge in [0.1, 0.15) is 11.4 Å². The number of alkyl halides is 3. The Hall–Kier alpha value is -3.87. The molecule has 9 nitrogen and oxygen atoms in total. The fourth-order valence-electron chi connectivity index (χ4n) is 5.22. The zero-order chi connectivity index (χ0) is 32.0. The minimum absolute atomic E-state index is 0.0418. The second-order valence-electron chi connectivity index (χ2n) is 12.2. The molecule has 0 spiro atoms. The van der Waals surface area contributed by atoms with Crippen molar-refractivity contribution in [3.05, 3.63) is 63.3 Å². The maximum absolute atomic E-state index is 15.8. The number of nitrogens with one attached hydrogen (secondary N) is 1. The first-order valence-electron chi connectivity index (χ1n) is 13.9. The highest BCUT2D eigenvalue weighted by Crippen LogP contribution is 2.37. The van der Waals surface area contributed by atoms with E-state index in [4.69, 9.17) is 4.74 Å². The van der Waals surface area contributed by atoms with E-state index in [9.17, 15) is 27.6 Å². The van der Waals surface area contributed by atoms with Gasteiger partial charge in [0.15, 0.2) is 0 Å². The third-order valence-electron chi connectivity index (χ3n) is 7.73. The summed E-state index contributed by atoms with van der Waals surface area (Å²) in [6.45, 7) is 10.4. The van der Waals surface area contributed by atoms with Crippen molar-refractivity contribution in [2.45, 2.75) is 58.5 Å². The molecule has 1 N–H and O–H groups in total. The molecule has 43 heavy (non-hydrogen) atoms. The van der Waals surface area contributed by atoms with E-state index in [0.717, 1.165) is 10.8 Å². The van der Waals surface area contributed by atoms with Gasteiger partial charge in [0.2, 0.25) is 0 Å². The highest BCUT2D eigenvalue weighted by molar-refractivity contribution is 6.07. The van der Waals surface area contributed by atoms with E-state index in [1.54, 1.807) is 26.8 Å². The molecule has 0 aliphatic carbocycles. The lowest BCUT2D eigenvalue weighted by molar-refractivity contribution is -0.138. The number of aryl methyl sites for hydroxylation is 1. The third-order valence-corrected chi connectivity index (χ3v) is 7.73. The number of hydrogen-bond acceptors (Lipinski definition) is 6. The van der Waals surface area contributed by atoms with Crippen LogP contribution in [-0.2, 0) is 18.0 Å². The van der Waals surface area contributed by atoms with Gasteiger partial charge in [-0.1, -0.05) is 6.08 Å². The summed E-state index contributed by atoms with van der Waals surface area (Å²) in [6, 6.07) is 3.16. The SMILES string of the molecule is CC1CN(c2cc(F)c(C3=CCN(C(=O)OC(C)(C)C)C3)cc2NC(=O)c2cn(C)c(=O)cc2C(F)(F)F)CC(C)N1C. The van der Waals surface area contributed by atoms with Crippen LogP contribution in [0.5, 0.6) is 0 Å². The van der Waals surface area contributed by atoms with Crippen LogP contribution in [-0.4, -0.2) is 77.3 Å². The Morgan fingerprint density at radius 3 is 2.23 bits per heavy atom. The van der Waals surface area contributed by atoms with E-state index in [1.807, 2.05) is 25.8 Å². The zero-order valence-electron chi connectivity index (χ0n) is 25.3. The van der Waals surface area contributed by atoms with Crippen LogP contribution < -0.4 is 15.8 Å². The van der Waals surface area contributed by atoms with E-state index in [2.05, 4.69) is 10.2 Å². The van der Waals surface area contributed by atoms with E-state index < -0.39 is 46.3 Å². The monoisotopic (exact) mass is 607 g/mol. The number of benzene rings is 1. The first kappa shape index (κ1) is 32.1. The number of piperazine rings is 1. The highest BCUT2D eigenvalue weighted by atomic mass is 19.4. The number of hydrogen-bond donors (Lipinski definition) is 1. The van der Waals surface area contributed by atoms with Crippen molar-refractivity contribution in [3.8, 4) is 0 Å². The van der Waals surface area contributed by atoms with Gasteiger partial charge in [-0.2, -0.15) is 13.2 Å². The number of anilines is 2. The van der Waals surface area contributed by atoms with Gasteiger partial charge < -0.3 is 24.4 Å². The molecular weight excluding hydrogens is 570 g/mol. The summed E-state index contributed by atoms with van der Waals surface area (Å²) >= 11 is 0. The van der Waals surface area contributed by atoms with Gasteiger partial charge in [-0.3, -0.25) is 14.5 Å². The zero-order valence-corrected chi connectivity index (χ0v) is 25.3. The first-order valence-corrected chi connectivity index (χ1v) is 13.9. The summed E-state index contributed by atoms with van der Waals surface area (Å²) in [5.41, 5.74) is -2.80. The Morgan fingerprint density at radius 1 is 1.02 bits per heavy atom. The summed E-state index contributed by atoms with van der Waals surface area (Å²) in [4.78, 5) is 43.5. The largest absolute Gasteiger partial charge is 0.444 e. The molecule has 2 atom stereocenters. The van der Waals surface area contributed by atoms with Crippen molar-refractivity contribution >= 4 is 28.9 Å². The summed E-state index contributed by atoms with van der Waals surface area (Å²) in [5, 5.41) is 2.57. The van der Waals surface area contributed by atoms with Gasteiger partial charge in [-0.25, -0.2) is 9.18 Å². The topological polar surface area (TPSA) is 87.1 Å².